The van der Waals surface area contributed by atoms with Gasteiger partial charge >= 0.3 is 0 Å². The molecule has 1 aromatic heterocycles. The maximum absolute atomic E-state index is 6.09. The fourth-order valence-electron chi connectivity index (χ4n) is 1.60. The van der Waals surface area contributed by atoms with E-state index in [-0.39, 0.29) is 4.99 Å². The molecule has 0 atom stereocenters. The number of thiocarbonyl (C=S) groups is 1. The van der Waals surface area contributed by atoms with E-state index in [4.69, 9.17) is 29.6 Å². The van der Waals surface area contributed by atoms with Crippen molar-refractivity contribution in [1.29, 1.82) is 0 Å². The maximum Gasteiger partial charge on any atom is 0.107 e. The van der Waals surface area contributed by atoms with Gasteiger partial charge in [-0.1, -0.05) is 29.9 Å². The average Bonchev–Trinajstić information content (AvgIpc) is 2.72. The minimum Gasteiger partial charge on any atom is -0.389 e. The molecule has 2 rings (SSSR count). The van der Waals surface area contributed by atoms with Crippen molar-refractivity contribution in [3.63, 3.8) is 0 Å². The Morgan fingerprint density at radius 3 is 2.94 bits per heavy atom. The summed E-state index contributed by atoms with van der Waals surface area (Å²) < 4.78 is 0. The van der Waals surface area contributed by atoms with Gasteiger partial charge in [-0.15, -0.1) is 11.3 Å². The molecule has 1 aromatic carbocycles. The van der Waals surface area contributed by atoms with E-state index in [2.05, 4.69) is 10.3 Å². The number of hydrogen-bond acceptors (Lipinski definition) is 4. The molecular weight excluding hydrogens is 286 g/mol. The zero-order valence-electron chi connectivity index (χ0n) is 9.74. The lowest BCUT2D eigenvalue weighted by Crippen LogP contribution is -2.14. The van der Waals surface area contributed by atoms with E-state index in [0.717, 1.165) is 16.4 Å². The predicted molar refractivity (Wildman–Crippen MR) is 81.5 cm³/mol. The van der Waals surface area contributed by atoms with Crippen molar-refractivity contribution < 1.29 is 0 Å². The lowest BCUT2D eigenvalue weighted by molar-refractivity contribution is 1.05. The van der Waals surface area contributed by atoms with Crippen molar-refractivity contribution in [2.75, 3.05) is 5.32 Å². The van der Waals surface area contributed by atoms with Crippen LogP contribution in [0.25, 0.3) is 0 Å². The second-order valence-corrected chi connectivity index (χ2v) is 5.65. The van der Waals surface area contributed by atoms with Crippen molar-refractivity contribution in [3.8, 4) is 0 Å². The number of hydrogen-bond donors (Lipinski definition) is 2. The first kappa shape index (κ1) is 13.3. The van der Waals surface area contributed by atoms with Crippen LogP contribution < -0.4 is 11.1 Å². The number of thiazole rings is 1. The summed E-state index contributed by atoms with van der Waals surface area (Å²) in [5.74, 6) is 0. The zero-order chi connectivity index (χ0) is 13.1. The first-order valence-corrected chi connectivity index (χ1v) is 6.97. The Labute approximate surface area is 120 Å². The molecule has 0 aliphatic rings. The van der Waals surface area contributed by atoms with E-state index in [1.807, 2.05) is 24.4 Å². The monoisotopic (exact) mass is 297 g/mol. The molecular formula is C12H12ClN3S2. The van der Waals surface area contributed by atoms with Crippen molar-refractivity contribution >= 4 is 45.8 Å². The van der Waals surface area contributed by atoms with Gasteiger partial charge in [-0.3, -0.25) is 0 Å². The Morgan fingerprint density at radius 1 is 1.56 bits per heavy atom. The summed E-state index contributed by atoms with van der Waals surface area (Å²) in [4.78, 5) is 4.67. The van der Waals surface area contributed by atoms with Crippen LogP contribution in [0.15, 0.2) is 23.6 Å². The van der Waals surface area contributed by atoms with Gasteiger partial charge in [0.15, 0.2) is 0 Å². The third kappa shape index (κ3) is 2.98. The van der Waals surface area contributed by atoms with E-state index >= 15 is 0 Å². The van der Waals surface area contributed by atoms with Gasteiger partial charge in [-0.05, 0) is 19.1 Å². The minimum atomic E-state index is 0.289. The molecule has 0 fully saturated rings. The summed E-state index contributed by atoms with van der Waals surface area (Å²) in [6.45, 7) is 2.61. The van der Waals surface area contributed by atoms with Gasteiger partial charge in [0, 0.05) is 11.1 Å². The molecule has 0 aliphatic carbocycles. The van der Waals surface area contributed by atoms with E-state index in [1.165, 1.54) is 0 Å². The van der Waals surface area contributed by atoms with Gasteiger partial charge in [0.1, 0.15) is 4.99 Å². The molecule has 1 heterocycles. The Kier molecular flexibility index (Phi) is 4.16. The molecule has 3 N–H and O–H groups in total. The van der Waals surface area contributed by atoms with Gasteiger partial charge in [-0.2, -0.15) is 0 Å². The van der Waals surface area contributed by atoms with Crippen LogP contribution >= 0.6 is 35.2 Å². The standard InChI is InChI=1S/C12H12ClN3S2/c1-7-16-8(6-18-7)5-15-10-4-2-3-9(13)11(10)12(14)17/h2-4,6,15H,5H2,1H3,(H2,14,17). The number of benzene rings is 1. The van der Waals surface area contributed by atoms with Crippen LogP contribution in [-0.2, 0) is 6.54 Å². The fourth-order valence-corrected chi connectivity index (χ4v) is 2.76. The summed E-state index contributed by atoms with van der Waals surface area (Å²) in [5, 5.41) is 6.88. The Bertz CT molecular complexity index is 580. The first-order chi connectivity index (χ1) is 8.58. The molecule has 2 aromatic rings. The number of nitrogens with zero attached hydrogens (tertiary/aromatic N) is 1. The number of nitrogens with one attached hydrogen (secondary N) is 1. The molecule has 0 amide bonds. The van der Waals surface area contributed by atoms with E-state index < -0.39 is 0 Å². The minimum absolute atomic E-state index is 0.289. The lowest BCUT2D eigenvalue weighted by atomic mass is 10.1. The number of aryl methyl sites for hydroxylation is 1. The summed E-state index contributed by atoms with van der Waals surface area (Å²) >= 11 is 12.7. The van der Waals surface area contributed by atoms with Crippen LogP contribution in [0.3, 0.4) is 0 Å². The van der Waals surface area contributed by atoms with Gasteiger partial charge < -0.3 is 11.1 Å². The molecule has 0 saturated carbocycles. The van der Waals surface area contributed by atoms with Crippen LogP contribution in [0.2, 0.25) is 5.02 Å². The molecule has 0 saturated heterocycles. The fraction of sp³-hybridized carbons (Fsp3) is 0.167. The van der Waals surface area contributed by atoms with Crippen LogP contribution in [0.5, 0.6) is 0 Å². The quantitative estimate of drug-likeness (QED) is 0.850. The smallest absolute Gasteiger partial charge is 0.107 e. The Balaban J connectivity index is 2.19. The highest BCUT2D eigenvalue weighted by atomic mass is 35.5. The van der Waals surface area contributed by atoms with Gasteiger partial charge in [0.25, 0.3) is 0 Å². The van der Waals surface area contributed by atoms with Crippen molar-refractivity contribution in [2.45, 2.75) is 13.5 Å². The molecule has 3 nitrogen and oxygen atoms in total. The largest absolute Gasteiger partial charge is 0.389 e. The van der Waals surface area contributed by atoms with E-state index in [0.29, 0.717) is 17.1 Å². The molecule has 0 bridgehead atoms. The first-order valence-electron chi connectivity index (χ1n) is 5.31. The summed E-state index contributed by atoms with van der Waals surface area (Å²) in [6.07, 6.45) is 0. The molecule has 6 heteroatoms. The van der Waals surface area contributed by atoms with Crippen LogP contribution in [0.1, 0.15) is 16.3 Å². The highest BCUT2D eigenvalue weighted by molar-refractivity contribution is 7.80. The summed E-state index contributed by atoms with van der Waals surface area (Å²) in [6, 6.07) is 5.53. The average molecular weight is 298 g/mol. The third-order valence-electron chi connectivity index (χ3n) is 2.39. The van der Waals surface area contributed by atoms with Crippen LogP contribution in [0, 0.1) is 6.92 Å². The van der Waals surface area contributed by atoms with E-state index in [9.17, 15) is 0 Å². The predicted octanol–water partition coefficient (Wildman–Crippen LogP) is 3.35. The van der Waals surface area contributed by atoms with Gasteiger partial charge in [-0.25, -0.2) is 4.98 Å². The highest BCUT2D eigenvalue weighted by Gasteiger charge is 2.09. The zero-order valence-corrected chi connectivity index (χ0v) is 12.1. The topological polar surface area (TPSA) is 50.9 Å². The molecule has 94 valence electrons. The SMILES string of the molecule is Cc1nc(CNc2cccc(Cl)c2C(N)=S)cs1. The number of nitrogens with two attached hydrogens (primary N) is 1. The molecule has 18 heavy (non-hydrogen) atoms. The number of anilines is 1. The lowest BCUT2D eigenvalue weighted by Gasteiger charge is -2.11. The summed E-state index contributed by atoms with van der Waals surface area (Å²) in [7, 11) is 0. The summed E-state index contributed by atoms with van der Waals surface area (Å²) in [5.41, 5.74) is 8.19. The normalized spacial score (nSPS) is 10.3. The molecule has 0 unspecified atom stereocenters. The van der Waals surface area contributed by atoms with Gasteiger partial charge in [0.2, 0.25) is 0 Å². The second kappa shape index (κ2) is 5.65. The van der Waals surface area contributed by atoms with Crippen LogP contribution in [0.4, 0.5) is 5.69 Å². The number of aromatic nitrogens is 1. The molecule has 0 spiro atoms. The van der Waals surface area contributed by atoms with E-state index in [1.54, 1.807) is 17.4 Å². The van der Waals surface area contributed by atoms with Crippen molar-refractivity contribution in [2.24, 2.45) is 5.73 Å². The van der Waals surface area contributed by atoms with Crippen LogP contribution in [-0.4, -0.2) is 9.97 Å². The van der Waals surface area contributed by atoms with Gasteiger partial charge in [0.05, 0.1) is 27.8 Å². The molecule has 0 radical (unpaired) electrons. The van der Waals surface area contributed by atoms with Crippen molar-refractivity contribution in [1.82, 2.24) is 4.98 Å². The second-order valence-electron chi connectivity index (χ2n) is 3.74. The maximum atomic E-state index is 6.09. The highest BCUT2D eigenvalue weighted by Crippen LogP contribution is 2.24. The molecule has 0 aliphatic heterocycles. The Morgan fingerprint density at radius 2 is 2.33 bits per heavy atom. The number of rotatable bonds is 4. The van der Waals surface area contributed by atoms with Crippen molar-refractivity contribution in [3.05, 3.63) is 44.9 Å². The number of halogens is 1. The third-order valence-corrected chi connectivity index (χ3v) is 3.73. The Hall–Kier alpha value is -1.17.